The third-order valence-corrected chi connectivity index (χ3v) is 34.0. The zero-order valence-electron chi connectivity index (χ0n) is 81.7. The Kier molecular flexibility index (Phi) is 41.6. The van der Waals surface area contributed by atoms with Crippen molar-refractivity contribution in [2.24, 2.45) is 17.8 Å². The molecule has 3 aliphatic heterocycles. The van der Waals surface area contributed by atoms with Crippen molar-refractivity contribution in [3.05, 3.63) is 197 Å². The molecule has 9 rings (SSSR count). The average Bonchev–Trinajstić information content (AvgIpc) is 0.765. The molecule has 128 heavy (non-hydrogen) atoms. The molecule has 6 aromatic rings. The van der Waals surface area contributed by atoms with E-state index in [2.05, 4.69) is 150 Å². The molecule has 0 bridgehead atoms. The van der Waals surface area contributed by atoms with Gasteiger partial charge >= 0.3 is 36.1 Å². The number of nitrogens with one attached hydrogen (secondary N) is 2. The van der Waals surface area contributed by atoms with Crippen LogP contribution in [0.3, 0.4) is 0 Å². The van der Waals surface area contributed by atoms with Crippen molar-refractivity contribution in [2.75, 3.05) is 65.7 Å². The van der Waals surface area contributed by atoms with E-state index in [-0.39, 0.29) is 107 Å². The van der Waals surface area contributed by atoms with Gasteiger partial charge in [0.15, 0.2) is 0 Å². The lowest BCUT2D eigenvalue weighted by Crippen LogP contribution is -2.60. The first kappa shape index (κ1) is 109. The molecule has 0 spiro atoms. The van der Waals surface area contributed by atoms with Crippen LogP contribution < -0.4 is 19.5 Å². The van der Waals surface area contributed by atoms with E-state index >= 15 is 0 Å². The molecule has 0 aliphatic carbocycles. The van der Waals surface area contributed by atoms with Gasteiger partial charge in [-0.3, -0.25) is 33.8 Å². The zero-order chi connectivity index (χ0) is 96.0. The maximum Gasteiger partial charge on any atom is 0.411 e. The van der Waals surface area contributed by atoms with E-state index in [4.69, 9.17) is 37.6 Å². The number of hydrogen-bond donors (Lipinski definition) is 5. The van der Waals surface area contributed by atoms with Crippen molar-refractivity contribution in [3.63, 3.8) is 0 Å². The van der Waals surface area contributed by atoms with Crippen LogP contribution in [0.25, 0.3) is 0 Å². The summed E-state index contributed by atoms with van der Waals surface area (Å²) < 4.78 is 39.6. The molecule has 0 radical (unpaired) electrons. The summed E-state index contributed by atoms with van der Waals surface area (Å²) >= 11 is 0. The van der Waals surface area contributed by atoms with Gasteiger partial charge in [-0.25, -0.2) is 14.4 Å². The van der Waals surface area contributed by atoms with E-state index in [1.807, 2.05) is 149 Å². The second-order valence-corrected chi connectivity index (χ2v) is 49.1. The molecule has 6 aromatic carbocycles. The summed E-state index contributed by atoms with van der Waals surface area (Å²) in [5.74, 6) is 0.171. The maximum absolute atomic E-state index is 14.6. The highest BCUT2D eigenvalue weighted by Gasteiger charge is 2.52. The largest absolute Gasteiger partial charge is 0.543 e. The molecule has 9 atom stereocenters. The topological polar surface area (TPSA) is 299 Å². The maximum atomic E-state index is 14.6. The number of benzene rings is 6. The first-order valence-corrected chi connectivity index (χ1v) is 51.4. The summed E-state index contributed by atoms with van der Waals surface area (Å²) in [5, 5.41) is 34.3. The van der Waals surface area contributed by atoms with Crippen LogP contribution in [-0.2, 0) is 88.3 Å². The number of likely N-dealkylation sites (tertiary alicyclic amines) is 2. The predicted octanol–water partition coefficient (Wildman–Crippen LogP) is 19.4. The fourth-order valence-electron chi connectivity index (χ4n) is 15.1. The Hall–Kier alpha value is -9.61. The minimum Gasteiger partial charge on any atom is -0.543 e. The van der Waals surface area contributed by atoms with Crippen molar-refractivity contribution < 1.29 is 86.2 Å². The van der Waals surface area contributed by atoms with E-state index in [1.54, 1.807) is 68.4 Å². The SMILES string of the molecule is CCO.CCOC(=O)CCN(Cc1ccccc1)C(=O)[C@H]1C[C@@](C)(c2cccc(O)c2)[C@@H](C)CN1.CCOC(=O)CCN(Cc1ccccc1)C(=O)[C@H]1C[C@@](C)(c2cccc(O[Si](C)(C)C(C)(C)C)c2)[C@@H](C)CN1C(=O)OC(C)(C)C.CCOC(=O)CCNCc1ccccc1.C[C@H]1CN(C(=O)OC(C)(C)C)[C@@H](C(=O)O)C[C@@]1(C)c1cccc(O[Si](C)(C)C(C)(C)C)c1. The first-order chi connectivity index (χ1) is 59.7. The summed E-state index contributed by atoms with van der Waals surface area (Å²) in [6.45, 7) is 58.2. The smallest absolute Gasteiger partial charge is 0.411 e. The molecule has 3 aliphatic rings. The number of aliphatic carboxylic acids is 1. The highest BCUT2D eigenvalue weighted by atomic mass is 28.4. The molecule has 26 heteroatoms. The molecule has 4 amide bonds. The standard InChI is InChI=1S/C37H56N2O6Si.C26H34N2O4.C25H41NO5Si.C12H17NO2.C2H6O/c1-12-43-32(40)21-22-38(26-28-17-14-13-15-18-28)33(41)31-24-37(9,27(2)25-39(31)34(42)44-35(3,4)5)29-19-16-20-30(23-29)45-46(10,11)36(6,7)8;1-4-32-24(30)13-14-28(18-20-9-6-5-7-10-20)25(31)23-16-26(3,19(2)17-27-23)21-11-8-12-22(29)15-21;1-17-16-26(22(29)30-23(2,3)4)20(21(27)28)15-25(17,8)18-12-11-13-19(14-18)31-32(9,10)24(5,6)7;1-2-15-12(14)8-9-13-10-11-6-4-3-5-7-11;1-2-3/h13-20,23,27,31H,12,21-22,24-26H2,1-11H3;5-12,15,19,23,27,29H,4,13-14,16-18H2,1-3H3;11-14,17,20H,15-16H2,1-10H3,(H,27,28);3-7,13H,2,8-10H2,1H3;3H,2H2,1H3/t27-,31+,37+;19-,23+,26+;17-,20+,25+;;/m000../s1. The Labute approximate surface area is 766 Å². The van der Waals surface area contributed by atoms with Crippen LogP contribution in [0.1, 0.15) is 224 Å². The van der Waals surface area contributed by atoms with Gasteiger partial charge < -0.3 is 68.3 Å². The fraction of sp³-hybridized carbons (Fsp3) is 0.569. The normalized spacial score (nSPS) is 20.6. The van der Waals surface area contributed by atoms with E-state index in [0.29, 0.717) is 84.7 Å². The molecular formula is C102H154N6O18Si2. The quantitative estimate of drug-likeness (QED) is 0.0132. The van der Waals surface area contributed by atoms with Crippen molar-refractivity contribution in [3.8, 4) is 17.2 Å². The van der Waals surface area contributed by atoms with Gasteiger partial charge in [-0.15, -0.1) is 0 Å². The Morgan fingerprint density at radius 2 is 0.836 bits per heavy atom. The van der Waals surface area contributed by atoms with Crippen LogP contribution in [0.4, 0.5) is 9.59 Å². The van der Waals surface area contributed by atoms with E-state index < -0.39 is 68.9 Å². The number of carbonyl (C=O) groups excluding carboxylic acids is 7. The number of nitrogens with zero attached hydrogens (tertiary/aromatic N) is 4. The van der Waals surface area contributed by atoms with Crippen molar-refractivity contribution in [1.29, 1.82) is 0 Å². The lowest BCUT2D eigenvalue weighted by Gasteiger charge is -2.49. The Morgan fingerprint density at radius 3 is 1.22 bits per heavy atom. The number of phenolic OH excluding ortho intramolecular Hbond substituents is 1. The third-order valence-electron chi connectivity index (χ3n) is 25.3. The number of piperidine rings is 3. The lowest BCUT2D eigenvalue weighted by molar-refractivity contribution is -0.147. The Morgan fingerprint density at radius 1 is 0.477 bits per heavy atom. The van der Waals surface area contributed by atoms with Crippen LogP contribution in [0.2, 0.25) is 36.3 Å². The highest BCUT2D eigenvalue weighted by molar-refractivity contribution is 6.75. The number of carboxylic acid groups (broad SMARTS) is 1. The second-order valence-electron chi connectivity index (χ2n) is 39.6. The van der Waals surface area contributed by atoms with Crippen molar-refractivity contribution in [1.82, 2.24) is 30.2 Å². The van der Waals surface area contributed by atoms with Gasteiger partial charge in [-0.1, -0.05) is 210 Å². The highest BCUT2D eigenvalue weighted by Crippen LogP contribution is 2.48. The summed E-state index contributed by atoms with van der Waals surface area (Å²) in [5.41, 5.74) is 3.78. The van der Waals surface area contributed by atoms with Crippen LogP contribution >= 0.6 is 0 Å². The number of ether oxygens (including phenoxy) is 5. The number of carbonyl (C=O) groups is 8. The van der Waals surface area contributed by atoms with Crippen molar-refractivity contribution >= 4 is 64.5 Å². The molecular weight excluding hydrogens is 1650 g/mol. The number of hydrogen-bond acceptors (Lipinski definition) is 19. The Balaban J connectivity index is 0.000000315. The molecule has 708 valence electrons. The molecule has 0 unspecified atom stereocenters. The number of aliphatic hydroxyl groups excluding tert-OH is 1. The molecule has 3 saturated heterocycles. The van der Waals surface area contributed by atoms with Crippen LogP contribution in [0, 0.1) is 17.8 Å². The van der Waals surface area contributed by atoms with Gasteiger partial charge in [0, 0.05) is 59.0 Å². The first-order valence-electron chi connectivity index (χ1n) is 45.5. The summed E-state index contributed by atoms with van der Waals surface area (Å²) in [6, 6.07) is 51.1. The zero-order valence-corrected chi connectivity index (χ0v) is 83.7. The molecule has 3 fully saturated rings. The van der Waals surface area contributed by atoms with Gasteiger partial charge in [-0.05, 0) is 235 Å². The minimum absolute atomic E-state index is 0.00861. The number of carboxylic acids is 1. The number of aromatic hydroxyl groups is 1. The van der Waals surface area contributed by atoms with E-state index in [9.17, 15) is 48.6 Å². The van der Waals surface area contributed by atoms with E-state index in [1.165, 1.54) is 10.5 Å². The summed E-state index contributed by atoms with van der Waals surface area (Å²) in [6.07, 6.45) is 0.883. The van der Waals surface area contributed by atoms with Gasteiger partial charge in [0.05, 0.1) is 45.1 Å². The van der Waals surface area contributed by atoms with Crippen molar-refractivity contribution in [2.45, 2.75) is 292 Å². The van der Waals surface area contributed by atoms with E-state index in [0.717, 1.165) is 45.9 Å². The summed E-state index contributed by atoms with van der Waals surface area (Å²) in [4.78, 5) is 109. The van der Waals surface area contributed by atoms with Crippen LogP contribution in [0.5, 0.6) is 17.2 Å². The number of esters is 3. The molecule has 3 heterocycles. The monoisotopic (exact) mass is 1810 g/mol. The van der Waals surface area contributed by atoms with Gasteiger partial charge in [-0.2, -0.15) is 0 Å². The lowest BCUT2D eigenvalue weighted by atomic mass is 9.65. The fourth-order valence-corrected chi connectivity index (χ4v) is 17.2. The third kappa shape index (κ3) is 33.1. The predicted molar refractivity (Wildman–Crippen MR) is 511 cm³/mol. The van der Waals surface area contributed by atoms with Gasteiger partial charge in [0.2, 0.25) is 28.4 Å². The second kappa shape index (κ2) is 48.9. The number of amides is 4. The summed E-state index contributed by atoms with van der Waals surface area (Å²) in [7, 11) is -4.09. The van der Waals surface area contributed by atoms with Gasteiger partial charge in [0.1, 0.15) is 40.5 Å². The Bertz CT molecular complexity index is 4490. The van der Waals surface area contributed by atoms with Gasteiger partial charge in [0.25, 0.3) is 0 Å². The number of rotatable bonds is 28. The van der Waals surface area contributed by atoms with Crippen LogP contribution in [0.15, 0.2) is 164 Å². The molecule has 0 aromatic heterocycles. The molecule has 5 N–H and O–H groups in total. The number of aliphatic hydroxyl groups is 1. The minimum atomic E-state index is -2.08. The average molecular weight is 1810 g/mol. The molecule has 24 nitrogen and oxygen atoms in total. The van der Waals surface area contributed by atoms with Crippen LogP contribution in [-0.4, -0.2) is 194 Å². The number of phenols is 1. The molecule has 0 saturated carbocycles.